The van der Waals surface area contributed by atoms with Crippen LogP contribution in [-0.4, -0.2) is 67.0 Å². The van der Waals surface area contributed by atoms with Crippen molar-refractivity contribution in [3.8, 4) is 5.88 Å². The van der Waals surface area contributed by atoms with Crippen molar-refractivity contribution in [2.75, 3.05) is 25.0 Å². The number of nitrogens with zero attached hydrogens (tertiary/aromatic N) is 6. The van der Waals surface area contributed by atoms with E-state index >= 15 is 0 Å². The normalized spacial score (nSPS) is 15.5. The van der Waals surface area contributed by atoms with Crippen LogP contribution in [0.3, 0.4) is 0 Å². The summed E-state index contributed by atoms with van der Waals surface area (Å²) in [5, 5.41) is 19.7. The topological polar surface area (TPSA) is 138 Å². The van der Waals surface area contributed by atoms with Crippen LogP contribution in [0, 0.1) is 17.0 Å². The van der Waals surface area contributed by atoms with Gasteiger partial charge in [0.1, 0.15) is 22.1 Å². The summed E-state index contributed by atoms with van der Waals surface area (Å²) in [4.78, 5) is 33.1. The molecule has 1 saturated heterocycles. The van der Waals surface area contributed by atoms with E-state index in [1.54, 1.807) is 16.5 Å². The maximum atomic E-state index is 12.3. The largest absolute Gasteiger partial charge is 0.472 e. The number of rotatable bonds is 8. The molecular weight excluding hydrogens is 513 g/mol. The Balaban J connectivity index is 1.61. The molecule has 2 aromatic rings. The average molecular weight is 544 g/mol. The maximum Gasteiger partial charge on any atom is 0.410 e. The maximum absolute atomic E-state index is 12.3. The van der Waals surface area contributed by atoms with Crippen molar-refractivity contribution in [3.05, 3.63) is 32.3 Å². The molecule has 3 rings (SSSR count). The summed E-state index contributed by atoms with van der Waals surface area (Å²) < 4.78 is 12.8. The zero-order valence-electron chi connectivity index (χ0n) is 21.0. The molecule has 12 nitrogen and oxygen atoms in total. The van der Waals surface area contributed by atoms with Crippen LogP contribution >= 0.6 is 23.2 Å². The van der Waals surface area contributed by atoms with Gasteiger partial charge in [0, 0.05) is 25.6 Å². The van der Waals surface area contributed by atoms with Gasteiger partial charge < -0.3 is 19.7 Å². The third-order valence-corrected chi connectivity index (χ3v) is 6.08. The number of carbonyl (C=O) groups excluding carboxylic acids is 1. The first-order valence-corrected chi connectivity index (χ1v) is 12.4. The number of piperidine rings is 1. The number of nitrogens with one attached hydrogen (secondary N) is 1. The molecule has 1 aliphatic rings. The van der Waals surface area contributed by atoms with Crippen LogP contribution in [0.4, 0.5) is 16.3 Å². The molecular formula is C22H31Cl2N7O5. The van der Waals surface area contributed by atoms with E-state index in [2.05, 4.69) is 20.4 Å². The minimum absolute atomic E-state index is 0.0256. The van der Waals surface area contributed by atoms with Gasteiger partial charge in [-0.1, -0.05) is 11.6 Å². The van der Waals surface area contributed by atoms with Crippen LogP contribution in [0.2, 0.25) is 10.3 Å². The van der Waals surface area contributed by atoms with Crippen LogP contribution < -0.4 is 10.1 Å². The molecule has 0 spiro atoms. The molecule has 0 bridgehead atoms. The fraction of sp³-hybridized carbons (Fsp3) is 0.636. The lowest BCUT2D eigenvalue weighted by molar-refractivity contribution is -0.386. The highest BCUT2D eigenvalue weighted by atomic mass is 35.5. The van der Waals surface area contributed by atoms with Crippen molar-refractivity contribution in [1.29, 1.82) is 0 Å². The molecule has 1 N–H and O–H groups in total. The smallest absolute Gasteiger partial charge is 0.410 e. The molecule has 0 saturated carbocycles. The number of hydrogen-bond donors (Lipinski definition) is 1. The molecule has 198 valence electrons. The first-order valence-electron chi connectivity index (χ1n) is 11.6. The van der Waals surface area contributed by atoms with Crippen LogP contribution in [0.15, 0.2) is 6.20 Å². The molecule has 2 aromatic heterocycles. The molecule has 0 aromatic carbocycles. The first kappa shape index (κ1) is 27.7. The molecule has 0 radical (unpaired) electrons. The van der Waals surface area contributed by atoms with Crippen LogP contribution in [0.25, 0.3) is 0 Å². The minimum atomic E-state index is -0.569. The lowest BCUT2D eigenvalue weighted by Gasteiger charge is -2.33. The number of aromatic nitrogens is 4. The van der Waals surface area contributed by atoms with E-state index in [0.717, 1.165) is 0 Å². The monoisotopic (exact) mass is 543 g/mol. The van der Waals surface area contributed by atoms with Gasteiger partial charge in [0.2, 0.25) is 5.28 Å². The number of carbonyl (C=O) groups is 1. The van der Waals surface area contributed by atoms with E-state index in [-0.39, 0.29) is 41.6 Å². The van der Waals surface area contributed by atoms with E-state index < -0.39 is 10.5 Å². The van der Waals surface area contributed by atoms with Gasteiger partial charge in [-0.3, -0.25) is 14.8 Å². The third kappa shape index (κ3) is 7.10. The summed E-state index contributed by atoms with van der Waals surface area (Å²) >= 11 is 11.9. The van der Waals surface area contributed by atoms with Crippen LogP contribution in [0.1, 0.15) is 58.7 Å². The van der Waals surface area contributed by atoms with Gasteiger partial charge in [-0.25, -0.2) is 9.78 Å². The number of amides is 1. The molecule has 0 aliphatic carbocycles. The van der Waals surface area contributed by atoms with E-state index in [1.165, 1.54) is 6.20 Å². The molecule has 1 atom stereocenters. The lowest BCUT2D eigenvalue weighted by atomic mass is 10.1. The van der Waals surface area contributed by atoms with Crippen molar-refractivity contribution >= 4 is 40.8 Å². The van der Waals surface area contributed by atoms with Crippen LogP contribution in [0.5, 0.6) is 5.88 Å². The van der Waals surface area contributed by atoms with E-state index in [1.807, 2.05) is 27.7 Å². The zero-order chi connectivity index (χ0) is 26.6. The summed E-state index contributed by atoms with van der Waals surface area (Å²) in [5.41, 5.74) is -0.310. The summed E-state index contributed by atoms with van der Waals surface area (Å²) in [5.74, 6) is 0.371. The Morgan fingerprint density at radius 1 is 1.33 bits per heavy atom. The highest BCUT2D eigenvalue weighted by Crippen LogP contribution is 2.34. The predicted octanol–water partition coefficient (Wildman–Crippen LogP) is 5.04. The summed E-state index contributed by atoms with van der Waals surface area (Å²) in [6.45, 7) is 10.1. The van der Waals surface area contributed by atoms with Gasteiger partial charge in [-0.15, -0.1) is 5.10 Å². The van der Waals surface area contributed by atoms with Crippen molar-refractivity contribution < 1.29 is 19.2 Å². The molecule has 1 amide bonds. The predicted molar refractivity (Wildman–Crippen MR) is 135 cm³/mol. The molecule has 1 unspecified atom stereocenters. The summed E-state index contributed by atoms with van der Waals surface area (Å²) in [6.07, 6.45) is 2.74. The first-order chi connectivity index (χ1) is 16.9. The molecule has 1 aliphatic heterocycles. The lowest BCUT2D eigenvalue weighted by Crippen LogP contribution is -2.42. The zero-order valence-corrected chi connectivity index (χ0v) is 22.5. The Hall–Kier alpha value is -2.86. The Labute approximate surface area is 219 Å². The second kappa shape index (κ2) is 11.5. The minimum Gasteiger partial charge on any atom is -0.472 e. The van der Waals surface area contributed by atoms with E-state index in [9.17, 15) is 14.9 Å². The Morgan fingerprint density at radius 3 is 2.61 bits per heavy atom. The average Bonchev–Trinajstić information content (AvgIpc) is 3.11. The van der Waals surface area contributed by atoms with Gasteiger partial charge in [-0.05, 0) is 59.1 Å². The fourth-order valence-corrected chi connectivity index (χ4v) is 4.13. The van der Waals surface area contributed by atoms with E-state index in [0.29, 0.717) is 48.9 Å². The van der Waals surface area contributed by atoms with Crippen molar-refractivity contribution in [3.63, 3.8) is 0 Å². The van der Waals surface area contributed by atoms with Crippen molar-refractivity contribution in [2.45, 2.75) is 71.6 Å². The van der Waals surface area contributed by atoms with Gasteiger partial charge in [0.05, 0.1) is 23.8 Å². The molecule has 14 heteroatoms. The number of hydrogen-bond acceptors (Lipinski definition) is 9. The standard InChI is InChI=1S/C22H31Cl2N7O5/c1-13(26-18-16(23)12-25-20(24)27-18)8-11-35-19-17(31(33)34)14(2)30(28-19)15-6-9-29(10-7-15)21(32)36-22(3,4)5/h12-13,15H,6-11H2,1-5H3,(H,25,26,27). The Bertz CT molecular complexity index is 1100. The summed E-state index contributed by atoms with van der Waals surface area (Å²) in [7, 11) is 0. The Morgan fingerprint density at radius 2 is 2.00 bits per heavy atom. The molecule has 36 heavy (non-hydrogen) atoms. The highest BCUT2D eigenvalue weighted by molar-refractivity contribution is 6.33. The third-order valence-electron chi connectivity index (χ3n) is 5.62. The van der Waals surface area contributed by atoms with Gasteiger partial charge in [0.15, 0.2) is 0 Å². The molecule has 1 fully saturated rings. The number of halogens is 2. The van der Waals surface area contributed by atoms with Gasteiger partial charge in [-0.2, -0.15) is 4.98 Å². The van der Waals surface area contributed by atoms with Gasteiger partial charge >= 0.3 is 17.7 Å². The number of nitro groups is 1. The SMILES string of the molecule is Cc1c([N+](=O)[O-])c(OCCC(C)Nc2nc(Cl)ncc2Cl)nn1C1CCN(C(=O)OC(C)(C)C)CC1. The quantitative estimate of drug-likeness (QED) is 0.275. The summed E-state index contributed by atoms with van der Waals surface area (Å²) in [6, 6.07) is -0.210. The number of anilines is 1. The van der Waals surface area contributed by atoms with Gasteiger partial charge in [0.25, 0.3) is 0 Å². The van der Waals surface area contributed by atoms with E-state index in [4.69, 9.17) is 32.7 Å². The molecule has 3 heterocycles. The number of ether oxygens (including phenoxy) is 2. The van der Waals surface area contributed by atoms with Crippen molar-refractivity contribution in [1.82, 2.24) is 24.6 Å². The second-order valence-electron chi connectivity index (χ2n) is 9.66. The second-order valence-corrected chi connectivity index (χ2v) is 10.4. The fourth-order valence-electron chi connectivity index (χ4n) is 3.85. The number of likely N-dealkylation sites (tertiary alicyclic amines) is 1. The highest BCUT2D eigenvalue weighted by Gasteiger charge is 2.33. The van der Waals surface area contributed by atoms with Crippen LogP contribution in [-0.2, 0) is 4.74 Å². The Kier molecular flexibility index (Phi) is 8.83. The van der Waals surface area contributed by atoms with Crippen molar-refractivity contribution in [2.24, 2.45) is 0 Å².